The lowest BCUT2D eigenvalue weighted by atomic mass is 10.0. The van der Waals surface area contributed by atoms with Gasteiger partial charge in [0.25, 0.3) is 5.91 Å². The van der Waals surface area contributed by atoms with Crippen LogP contribution in [-0.2, 0) is 0 Å². The molecule has 1 aromatic rings. The fourth-order valence-corrected chi connectivity index (χ4v) is 2.26. The third-order valence-electron chi connectivity index (χ3n) is 3.23. The van der Waals surface area contributed by atoms with Gasteiger partial charge in [0.05, 0.1) is 5.56 Å². The van der Waals surface area contributed by atoms with E-state index >= 15 is 0 Å². The van der Waals surface area contributed by atoms with Crippen molar-refractivity contribution in [3.63, 3.8) is 0 Å². The molecular formula is C13H16ClFN2O. The van der Waals surface area contributed by atoms with Crippen molar-refractivity contribution in [1.82, 2.24) is 10.2 Å². The van der Waals surface area contributed by atoms with E-state index in [1.54, 1.807) is 0 Å². The normalized spacial score (nSPS) is 17.7. The highest BCUT2D eigenvalue weighted by molar-refractivity contribution is 6.31. The van der Waals surface area contributed by atoms with Gasteiger partial charge in [0.2, 0.25) is 0 Å². The van der Waals surface area contributed by atoms with Gasteiger partial charge in [0, 0.05) is 11.1 Å². The molecule has 0 radical (unpaired) electrons. The maximum atomic E-state index is 13.5. The van der Waals surface area contributed by atoms with Crippen LogP contribution in [-0.4, -0.2) is 37.0 Å². The predicted molar refractivity (Wildman–Crippen MR) is 69.4 cm³/mol. The molecule has 1 fully saturated rings. The summed E-state index contributed by atoms with van der Waals surface area (Å²) < 4.78 is 13.5. The number of amides is 1. The third-order valence-corrected chi connectivity index (χ3v) is 3.46. The van der Waals surface area contributed by atoms with Crippen molar-refractivity contribution in [3.05, 3.63) is 34.6 Å². The Morgan fingerprint density at radius 3 is 2.78 bits per heavy atom. The van der Waals surface area contributed by atoms with Gasteiger partial charge in [-0.05, 0) is 51.2 Å². The van der Waals surface area contributed by atoms with Gasteiger partial charge in [0.15, 0.2) is 0 Å². The predicted octanol–water partition coefficient (Wildman–Crippen LogP) is 2.30. The van der Waals surface area contributed by atoms with Crippen LogP contribution in [0.25, 0.3) is 0 Å². The van der Waals surface area contributed by atoms with Gasteiger partial charge < -0.3 is 10.2 Å². The third kappa shape index (κ3) is 3.21. The van der Waals surface area contributed by atoms with Crippen LogP contribution >= 0.6 is 11.6 Å². The van der Waals surface area contributed by atoms with E-state index in [0.29, 0.717) is 5.02 Å². The van der Waals surface area contributed by atoms with Gasteiger partial charge in [-0.25, -0.2) is 4.39 Å². The number of carbonyl (C=O) groups is 1. The summed E-state index contributed by atoms with van der Waals surface area (Å²) >= 11 is 5.77. The molecule has 1 aliphatic rings. The van der Waals surface area contributed by atoms with Crippen LogP contribution in [0.3, 0.4) is 0 Å². The SMILES string of the molecule is CN1CCC(NC(=O)c2cc(Cl)ccc2F)CC1. The van der Waals surface area contributed by atoms with Crippen molar-refractivity contribution in [2.45, 2.75) is 18.9 Å². The molecule has 0 saturated carbocycles. The molecule has 5 heteroatoms. The second-order valence-electron chi connectivity index (χ2n) is 4.68. The number of rotatable bonds is 2. The van der Waals surface area contributed by atoms with Gasteiger partial charge in [-0.15, -0.1) is 0 Å². The molecule has 18 heavy (non-hydrogen) atoms. The first-order valence-electron chi connectivity index (χ1n) is 6.00. The van der Waals surface area contributed by atoms with Gasteiger partial charge in [-0.1, -0.05) is 11.6 Å². The van der Waals surface area contributed by atoms with Crippen LogP contribution in [0.5, 0.6) is 0 Å². The fraction of sp³-hybridized carbons (Fsp3) is 0.462. The van der Waals surface area contributed by atoms with E-state index in [0.717, 1.165) is 25.9 Å². The Kier molecular flexibility index (Phi) is 4.19. The second-order valence-corrected chi connectivity index (χ2v) is 5.11. The molecule has 3 nitrogen and oxygen atoms in total. The summed E-state index contributed by atoms with van der Waals surface area (Å²) in [4.78, 5) is 14.2. The van der Waals surface area contributed by atoms with Crippen molar-refractivity contribution in [1.29, 1.82) is 0 Å². The number of nitrogens with zero attached hydrogens (tertiary/aromatic N) is 1. The Hall–Kier alpha value is -1.13. The molecule has 1 amide bonds. The minimum absolute atomic E-state index is 0.0152. The summed E-state index contributed by atoms with van der Waals surface area (Å²) in [5.41, 5.74) is 0.0152. The van der Waals surface area contributed by atoms with Crippen molar-refractivity contribution >= 4 is 17.5 Å². The van der Waals surface area contributed by atoms with Crippen LogP contribution in [0.15, 0.2) is 18.2 Å². The van der Waals surface area contributed by atoms with E-state index in [1.165, 1.54) is 18.2 Å². The lowest BCUT2D eigenvalue weighted by Gasteiger charge is -2.29. The Bertz CT molecular complexity index is 445. The number of piperidine rings is 1. The average molecular weight is 271 g/mol. The van der Waals surface area contributed by atoms with E-state index < -0.39 is 5.82 Å². The number of halogens is 2. The van der Waals surface area contributed by atoms with Crippen molar-refractivity contribution in [3.8, 4) is 0 Å². The van der Waals surface area contributed by atoms with Crippen LogP contribution in [0.2, 0.25) is 5.02 Å². The minimum atomic E-state index is -0.537. The Balaban J connectivity index is 2.01. The zero-order chi connectivity index (χ0) is 13.1. The zero-order valence-corrected chi connectivity index (χ0v) is 11.0. The Morgan fingerprint density at radius 1 is 1.44 bits per heavy atom. The molecule has 0 bridgehead atoms. The number of carbonyl (C=O) groups excluding carboxylic acids is 1. The fourth-order valence-electron chi connectivity index (χ4n) is 2.09. The molecule has 1 aromatic carbocycles. The molecule has 0 atom stereocenters. The number of benzene rings is 1. The average Bonchev–Trinajstić information content (AvgIpc) is 2.35. The molecule has 98 valence electrons. The minimum Gasteiger partial charge on any atom is -0.349 e. The van der Waals surface area contributed by atoms with E-state index in [4.69, 9.17) is 11.6 Å². The lowest BCUT2D eigenvalue weighted by molar-refractivity contribution is 0.0913. The first-order chi connectivity index (χ1) is 8.56. The largest absolute Gasteiger partial charge is 0.349 e. The summed E-state index contributed by atoms with van der Waals surface area (Å²) in [6.45, 7) is 1.89. The molecule has 0 aliphatic carbocycles. The molecule has 0 unspecified atom stereocenters. The van der Waals surface area contributed by atoms with E-state index in [1.807, 2.05) is 0 Å². The van der Waals surface area contributed by atoms with Gasteiger partial charge in [0.1, 0.15) is 5.82 Å². The highest BCUT2D eigenvalue weighted by Gasteiger charge is 2.20. The molecule has 2 rings (SSSR count). The molecule has 0 aromatic heterocycles. The second kappa shape index (κ2) is 5.67. The van der Waals surface area contributed by atoms with Crippen LogP contribution in [0, 0.1) is 5.82 Å². The van der Waals surface area contributed by atoms with Crippen LogP contribution in [0.1, 0.15) is 23.2 Å². The van der Waals surface area contributed by atoms with Gasteiger partial charge in [-0.2, -0.15) is 0 Å². The maximum absolute atomic E-state index is 13.5. The molecular weight excluding hydrogens is 255 g/mol. The summed E-state index contributed by atoms with van der Waals surface area (Å²) in [5.74, 6) is -0.922. The topological polar surface area (TPSA) is 32.3 Å². The van der Waals surface area contributed by atoms with Gasteiger partial charge >= 0.3 is 0 Å². The molecule has 0 spiro atoms. The number of likely N-dealkylation sites (tertiary alicyclic amines) is 1. The zero-order valence-electron chi connectivity index (χ0n) is 10.2. The number of hydrogen-bond donors (Lipinski definition) is 1. The standard InChI is InChI=1S/C13H16ClFN2O/c1-17-6-4-10(5-7-17)16-13(18)11-8-9(14)2-3-12(11)15/h2-3,8,10H,4-7H2,1H3,(H,16,18). The van der Waals surface area contributed by atoms with Crippen LogP contribution in [0.4, 0.5) is 4.39 Å². The Labute approximate surface area is 111 Å². The highest BCUT2D eigenvalue weighted by atomic mass is 35.5. The van der Waals surface area contributed by atoms with Gasteiger partial charge in [-0.3, -0.25) is 4.79 Å². The first-order valence-corrected chi connectivity index (χ1v) is 6.38. The maximum Gasteiger partial charge on any atom is 0.254 e. The summed E-state index contributed by atoms with van der Waals surface area (Å²) in [6.07, 6.45) is 1.79. The quantitative estimate of drug-likeness (QED) is 0.894. The number of hydrogen-bond acceptors (Lipinski definition) is 2. The van der Waals surface area contributed by atoms with E-state index in [-0.39, 0.29) is 17.5 Å². The molecule has 1 aliphatic heterocycles. The highest BCUT2D eigenvalue weighted by Crippen LogP contribution is 2.16. The van der Waals surface area contributed by atoms with Crippen LogP contribution < -0.4 is 5.32 Å². The van der Waals surface area contributed by atoms with Crippen molar-refractivity contribution in [2.75, 3.05) is 20.1 Å². The summed E-state index contributed by atoms with van der Waals surface area (Å²) in [6, 6.07) is 4.13. The van der Waals surface area contributed by atoms with E-state index in [9.17, 15) is 9.18 Å². The smallest absolute Gasteiger partial charge is 0.254 e. The summed E-state index contributed by atoms with van der Waals surface area (Å²) in [7, 11) is 2.05. The Morgan fingerprint density at radius 2 is 2.11 bits per heavy atom. The summed E-state index contributed by atoms with van der Waals surface area (Å²) in [5, 5.41) is 3.23. The first kappa shape index (κ1) is 13.3. The lowest BCUT2D eigenvalue weighted by Crippen LogP contribution is -2.43. The number of nitrogens with one attached hydrogen (secondary N) is 1. The molecule has 1 heterocycles. The van der Waals surface area contributed by atoms with Crippen molar-refractivity contribution < 1.29 is 9.18 Å². The molecule has 1 saturated heterocycles. The molecule has 1 N–H and O–H groups in total. The monoisotopic (exact) mass is 270 g/mol. The van der Waals surface area contributed by atoms with Crippen molar-refractivity contribution in [2.24, 2.45) is 0 Å². The van der Waals surface area contributed by atoms with E-state index in [2.05, 4.69) is 17.3 Å².